The van der Waals surface area contributed by atoms with Gasteiger partial charge in [-0.25, -0.2) is 9.07 Å². The summed E-state index contributed by atoms with van der Waals surface area (Å²) in [6.45, 7) is 0. The van der Waals surface area contributed by atoms with Gasteiger partial charge in [-0.15, -0.1) is 0 Å². The topological polar surface area (TPSA) is 55.1 Å². The zero-order valence-corrected chi connectivity index (χ0v) is 10.2. The minimum absolute atomic E-state index is 0.327. The summed E-state index contributed by atoms with van der Waals surface area (Å²) >= 11 is 0. The van der Waals surface area contributed by atoms with Crippen LogP contribution in [0.5, 0.6) is 0 Å². The Morgan fingerprint density at radius 1 is 1.47 bits per heavy atom. The molecule has 4 nitrogen and oxygen atoms in total. The van der Waals surface area contributed by atoms with Crippen LogP contribution < -0.4 is 0 Å². The van der Waals surface area contributed by atoms with Gasteiger partial charge in [-0.2, -0.15) is 5.10 Å². The highest BCUT2D eigenvalue weighted by atomic mass is 19.1. The molecule has 1 aliphatic rings. The van der Waals surface area contributed by atoms with E-state index in [1.165, 1.54) is 12.1 Å². The second kappa shape index (κ2) is 4.50. The SMILES string of the molecule is O=C(O)[C@@H]1CCCc2c1cnn2-c1cccc(F)c1. The normalized spacial score (nSPS) is 18.1. The van der Waals surface area contributed by atoms with Gasteiger partial charge in [0.2, 0.25) is 0 Å². The van der Waals surface area contributed by atoms with Crippen LogP contribution in [0.3, 0.4) is 0 Å². The third-order valence-corrected chi connectivity index (χ3v) is 3.53. The fraction of sp³-hybridized carbons (Fsp3) is 0.286. The summed E-state index contributed by atoms with van der Waals surface area (Å²) < 4.78 is 14.9. The number of carboxylic acid groups (broad SMARTS) is 1. The van der Waals surface area contributed by atoms with E-state index < -0.39 is 11.9 Å². The van der Waals surface area contributed by atoms with Crippen molar-refractivity contribution in [3.8, 4) is 5.69 Å². The maximum Gasteiger partial charge on any atom is 0.311 e. The third-order valence-electron chi connectivity index (χ3n) is 3.53. The Bertz CT molecular complexity index is 636. The van der Waals surface area contributed by atoms with Crippen molar-refractivity contribution in [1.82, 2.24) is 9.78 Å². The van der Waals surface area contributed by atoms with Crippen LogP contribution in [-0.4, -0.2) is 20.9 Å². The summed E-state index contributed by atoms with van der Waals surface area (Å²) in [6, 6.07) is 6.16. The van der Waals surface area contributed by atoms with Crippen molar-refractivity contribution in [2.75, 3.05) is 0 Å². The third kappa shape index (κ3) is 2.01. The lowest BCUT2D eigenvalue weighted by Gasteiger charge is -2.19. The number of rotatable bonds is 2. The Morgan fingerprint density at radius 2 is 2.32 bits per heavy atom. The van der Waals surface area contributed by atoms with Gasteiger partial charge < -0.3 is 5.11 Å². The molecular weight excluding hydrogens is 247 g/mol. The summed E-state index contributed by atoms with van der Waals surface area (Å²) in [4.78, 5) is 11.2. The molecule has 0 saturated carbocycles. The molecule has 2 aromatic rings. The molecule has 0 amide bonds. The van der Waals surface area contributed by atoms with Gasteiger partial charge in [-0.1, -0.05) is 6.07 Å². The second-order valence-electron chi connectivity index (χ2n) is 4.72. The minimum Gasteiger partial charge on any atom is -0.481 e. The molecule has 98 valence electrons. The molecule has 0 spiro atoms. The summed E-state index contributed by atoms with van der Waals surface area (Å²) in [7, 11) is 0. The highest BCUT2D eigenvalue weighted by Gasteiger charge is 2.29. The molecule has 3 rings (SSSR count). The summed E-state index contributed by atoms with van der Waals surface area (Å²) in [5.41, 5.74) is 2.26. The van der Waals surface area contributed by atoms with Crippen LogP contribution in [0.2, 0.25) is 0 Å². The number of hydrogen-bond acceptors (Lipinski definition) is 2. The zero-order chi connectivity index (χ0) is 13.4. The number of carbonyl (C=O) groups is 1. The van der Waals surface area contributed by atoms with E-state index in [0.717, 1.165) is 24.1 Å². The maximum atomic E-state index is 13.3. The molecule has 0 aliphatic heterocycles. The Labute approximate surface area is 109 Å². The van der Waals surface area contributed by atoms with Crippen LogP contribution in [0.25, 0.3) is 5.69 Å². The number of hydrogen-bond donors (Lipinski definition) is 1. The lowest BCUT2D eigenvalue weighted by molar-refractivity contribution is -0.139. The van der Waals surface area contributed by atoms with Crippen molar-refractivity contribution in [2.45, 2.75) is 25.2 Å². The molecule has 0 bridgehead atoms. The van der Waals surface area contributed by atoms with Crippen LogP contribution in [0.1, 0.15) is 30.0 Å². The lowest BCUT2D eigenvalue weighted by atomic mass is 9.87. The van der Waals surface area contributed by atoms with Gasteiger partial charge in [-0.05, 0) is 37.5 Å². The van der Waals surface area contributed by atoms with E-state index >= 15 is 0 Å². The van der Waals surface area contributed by atoms with Crippen molar-refractivity contribution in [1.29, 1.82) is 0 Å². The molecule has 5 heteroatoms. The monoisotopic (exact) mass is 260 g/mol. The predicted octanol–water partition coefficient (Wildman–Crippen LogP) is 2.52. The molecule has 0 unspecified atom stereocenters. The van der Waals surface area contributed by atoms with Crippen molar-refractivity contribution < 1.29 is 14.3 Å². The zero-order valence-electron chi connectivity index (χ0n) is 10.2. The number of fused-ring (bicyclic) bond motifs is 1. The van der Waals surface area contributed by atoms with Gasteiger partial charge in [0.25, 0.3) is 0 Å². The number of halogens is 1. The Kier molecular flexibility index (Phi) is 2.81. The predicted molar refractivity (Wildman–Crippen MR) is 66.8 cm³/mol. The summed E-state index contributed by atoms with van der Waals surface area (Å²) in [5.74, 6) is -1.64. The van der Waals surface area contributed by atoms with E-state index in [-0.39, 0.29) is 5.82 Å². The number of aliphatic carboxylic acids is 1. The Balaban J connectivity index is 2.08. The van der Waals surface area contributed by atoms with Crippen molar-refractivity contribution >= 4 is 5.97 Å². The second-order valence-corrected chi connectivity index (χ2v) is 4.72. The first-order valence-electron chi connectivity index (χ1n) is 6.22. The average Bonchev–Trinajstić information content (AvgIpc) is 2.82. The van der Waals surface area contributed by atoms with Crippen molar-refractivity contribution in [3.05, 3.63) is 47.5 Å². The number of benzene rings is 1. The number of carboxylic acids is 1. The fourth-order valence-electron chi connectivity index (χ4n) is 2.64. The Morgan fingerprint density at radius 3 is 3.05 bits per heavy atom. The van der Waals surface area contributed by atoms with Gasteiger partial charge in [0.1, 0.15) is 5.82 Å². The van der Waals surface area contributed by atoms with E-state index in [2.05, 4.69) is 5.10 Å². The molecule has 1 atom stereocenters. The Hall–Kier alpha value is -2.17. The van der Waals surface area contributed by atoms with Gasteiger partial charge in [-0.3, -0.25) is 4.79 Å². The van der Waals surface area contributed by atoms with Crippen LogP contribution in [-0.2, 0) is 11.2 Å². The molecule has 0 saturated heterocycles. The first kappa shape index (κ1) is 11.9. The highest BCUT2D eigenvalue weighted by Crippen LogP contribution is 2.32. The largest absolute Gasteiger partial charge is 0.481 e. The first-order valence-corrected chi connectivity index (χ1v) is 6.22. The lowest BCUT2D eigenvalue weighted by Crippen LogP contribution is -2.18. The van der Waals surface area contributed by atoms with Gasteiger partial charge in [0, 0.05) is 11.3 Å². The van der Waals surface area contributed by atoms with Gasteiger partial charge in [0.05, 0.1) is 17.8 Å². The fourth-order valence-corrected chi connectivity index (χ4v) is 2.64. The molecule has 1 aliphatic carbocycles. The quantitative estimate of drug-likeness (QED) is 0.902. The van der Waals surface area contributed by atoms with Gasteiger partial charge >= 0.3 is 5.97 Å². The van der Waals surface area contributed by atoms with Gasteiger partial charge in [0.15, 0.2) is 0 Å². The smallest absolute Gasteiger partial charge is 0.311 e. The summed E-state index contributed by atoms with van der Waals surface area (Å²) in [6.07, 6.45) is 3.82. The van der Waals surface area contributed by atoms with E-state index in [4.69, 9.17) is 0 Å². The summed E-state index contributed by atoms with van der Waals surface area (Å²) in [5, 5.41) is 13.4. The number of aromatic nitrogens is 2. The molecule has 1 heterocycles. The van der Waals surface area contributed by atoms with Crippen molar-refractivity contribution in [3.63, 3.8) is 0 Å². The number of nitrogens with zero attached hydrogens (tertiary/aromatic N) is 2. The molecular formula is C14H13FN2O2. The molecule has 1 aromatic heterocycles. The maximum absolute atomic E-state index is 13.3. The van der Waals surface area contributed by atoms with Crippen LogP contribution in [0.4, 0.5) is 4.39 Å². The molecule has 1 aromatic carbocycles. The van der Waals surface area contributed by atoms with E-state index in [0.29, 0.717) is 12.1 Å². The van der Waals surface area contributed by atoms with Crippen LogP contribution in [0, 0.1) is 5.82 Å². The standard InChI is InChI=1S/C14H13FN2O2/c15-9-3-1-4-10(7-9)17-13-6-2-5-11(14(18)19)12(13)8-16-17/h1,3-4,7-8,11H,2,5-6H2,(H,18,19)/t11-/m1/s1. The van der Waals surface area contributed by atoms with Crippen LogP contribution >= 0.6 is 0 Å². The van der Waals surface area contributed by atoms with E-state index in [1.807, 2.05) is 0 Å². The minimum atomic E-state index is -0.820. The molecule has 1 N–H and O–H groups in total. The van der Waals surface area contributed by atoms with E-state index in [9.17, 15) is 14.3 Å². The molecule has 19 heavy (non-hydrogen) atoms. The van der Waals surface area contributed by atoms with Crippen molar-refractivity contribution in [2.24, 2.45) is 0 Å². The molecule has 0 radical (unpaired) electrons. The average molecular weight is 260 g/mol. The highest BCUT2D eigenvalue weighted by molar-refractivity contribution is 5.76. The van der Waals surface area contributed by atoms with E-state index in [1.54, 1.807) is 23.0 Å². The van der Waals surface area contributed by atoms with Crippen LogP contribution in [0.15, 0.2) is 30.5 Å². The molecule has 0 fully saturated rings. The first-order chi connectivity index (χ1) is 9.16.